The third-order valence-corrected chi connectivity index (χ3v) is 7.34. The van der Waals surface area contributed by atoms with Crippen LogP contribution in [0.2, 0.25) is 0 Å². The normalized spacial score (nSPS) is 17.8. The summed E-state index contributed by atoms with van der Waals surface area (Å²) in [5.74, 6) is 0.743. The number of hydrogen-bond acceptors (Lipinski definition) is 5. The second-order valence-electron chi connectivity index (χ2n) is 9.80. The molecule has 0 radical (unpaired) electrons. The fourth-order valence-corrected chi connectivity index (χ4v) is 5.21. The topological polar surface area (TPSA) is 100 Å². The highest BCUT2D eigenvalue weighted by atomic mass is 16.5. The maximum Gasteiger partial charge on any atom is 0.257 e. The molecule has 2 fully saturated rings. The van der Waals surface area contributed by atoms with Gasteiger partial charge in [-0.3, -0.25) is 14.9 Å². The minimum atomic E-state index is -0.299. The number of anilines is 2. The van der Waals surface area contributed by atoms with Gasteiger partial charge in [-0.2, -0.15) is 5.26 Å². The minimum absolute atomic E-state index is 0.0586. The number of nitriles is 1. The van der Waals surface area contributed by atoms with Gasteiger partial charge in [0.05, 0.1) is 35.3 Å². The predicted octanol–water partition coefficient (Wildman–Crippen LogP) is 4.88. The summed E-state index contributed by atoms with van der Waals surface area (Å²) in [4.78, 5) is 32.3. The lowest BCUT2D eigenvalue weighted by Gasteiger charge is -2.19. The summed E-state index contributed by atoms with van der Waals surface area (Å²) in [5, 5.41) is 12.0. The Kier molecular flexibility index (Phi) is 7.01. The lowest BCUT2D eigenvalue weighted by atomic mass is 10.0. The van der Waals surface area contributed by atoms with E-state index in [0.717, 1.165) is 43.5 Å². The molecule has 5 rings (SSSR count). The molecule has 1 aromatic heterocycles. The van der Waals surface area contributed by atoms with Gasteiger partial charge in [-0.05, 0) is 74.1 Å². The Labute approximate surface area is 210 Å². The number of rotatable bonds is 7. The van der Waals surface area contributed by atoms with E-state index in [-0.39, 0.29) is 17.9 Å². The Morgan fingerprint density at radius 1 is 1.14 bits per heavy atom. The summed E-state index contributed by atoms with van der Waals surface area (Å²) < 4.78 is 7.84. The van der Waals surface area contributed by atoms with Crippen molar-refractivity contribution in [1.29, 1.82) is 5.26 Å². The van der Waals surface area contributed by atoms with E-state index in [2.05, 4.69) is 11.4 Å². The smallest absolute Gasteiger partial charge is 0.257 e. The van der Waals surface area contributed by atoms with Crippen LogP contribution in [0.4, 0.5) is 11.6 Å². The maximum atomic E-state index is 13.0. The van der Waals surface area contributed by atoms with E-state index >= 15 is 0 Å². The Morgan fingerprint density at radius 2 is 1.92 bits per heavy atom. The van der Waals surface area contributed by atoms with Crippen molar-refractivity contribution in [1.82, 2.24) is 9.55 Å². The summed E-state index contributed by atoms with van der Waals surface area (Å²) in [6.45, 7) is 1.32. The zero-order chi connectivity index (χ0) is 25.1. The van der Waals surface area contributed by atoms with Crippen LogP contribution in [-0.4, -0.2) is 41.1 Å². The van der Waals surface area contributed by atoms with Crippen LogP contribution in [0.25, 0.3) is 11.0 Å². The number of nitrogens with one attached hydrogen (secondary N) is 1. The van der Waals surface area contributed by atoms with Crippen molar-refractivity contribution >= 4 is 34.5 Å². The molecule has 1 N–H and O–H groups in total. The zero-order valence-electron chi connectivity index (χ0n) is 20.6. The number of benzene rings is 2. The number of aromatic nitrogens is 2. The predicted molar refractivity (Wildman–Crippen MR) is 138 cm³/mol. The summed E-state index contributed by atoms with van der Waals surface area (Å²) in [5.41, 5.74) is 3.32. The van der Waals surface area contributed by atoms with Crippen LogP contribution in [0, 0.1) is 17.2 Å². The molecule has 1 aliphatic heterocycles. The fourth-order valence-electron chi connectivity index (χ4n) is 5.21. The van der Waals surface area contributed by atoms with E-state index in [4.69, 9.17) is 15.0 Å². The van der Waals surface area contributed by atoms with Crippen LogP contribution in [0.5, 0.6) is 0 Å². The molecule has 2 aromatic carbocycles. The number of imidazole rings is 1. The first-order chi connectivity index (χ1) is 17.5. The molecule has 8 nitrogen and oxygen atoms in total. The second-order valence-corrected chi connectivity index (χ2v) is 9.80. The molecule has 8 heteroatoms. The number of hydrogen-bond donors (Lipinski definition) is 1. The standard InChI is InChI=1S/C28H31N5O3/c1-32(26(34)15-19-5-2-3-6-19)22-12-13-25-24(16-22)30-28(33(25)18-23-7-4-14-36-23)31-27(35)21-10-8-20(17-29)9-11-21/h8-13,16,19,23H,2-7,14-15,18H2,1H3,(H,30,31,35). The highest BCUT2D eigenvalue weighted by molar-refractivity contribution is 6.04. The molecule has 1 atom stereocenters. The van der Waals surface area contributed by atoms with Crippen molar-refractivity contribution in [3.8, 4) is 6.07 Å². The SMILES string of the molecule is CN(C(=O)CC1CCCC1)c1ccc2c(c1)nc(NC(=O)c1ccc(C#N)cc1)n2CC1CCCO1. The Bertz CT molecular complexity index is 1300. The quantitative estimate of drug-likeness (QED) is 0.514. The minimum Gasteiger partial charge on any atom is -0.376 e. The molecular formula is C28H31N5O3. The molecule has 2 aliphatic rings. The molecule has 2 heterocycles. The van der Waals surface area contributed by atoms with Gasteiger partial charge in [-0.1, -0.05) is 12.8 Å². The molecule has 186 valence electrons. The third kappa shape index (κ3) is 5.12. The van der Waals surface area contributed by atoms with Crippen LogP contribution in [0.3, 0.4) is 0 Å². The molecule has 1 saturated heterocycles. The van der Waals surface area contributed by atoms with Gasteiger partial charge in [-0.15, -0.1) is 0 Å². The average molecular weight is 486 g/mol. The van der Waals surface area contributed by atoms with Gasteiger partial charge < -0.3 is 14.2 Å². The van der Waals surface area contributed by atoms with Crippen molar-refractivity contribution in [2.24, 2.45) is 5.92 Å². The van der Waals surface area contributed by atoms with Crippen LogP contribution in [0.1, 0.15) is 60.9 Å². The van der Waals surface area contributed by atoms with E-state index in [9.17, 15) is 9.59 Å². The zero-order valence-corrected chi connectivity index (χ0v) is 20.6. The molecule has 0 spiro atoms. The summed E-state index contributed by atoms with van der Waals surface area (Å²) in [6.07, 6.45) is 7.31. The van der Waals surface area contributed by atoms with E-state index in [1.807, 2.05) is 29.8 Å². The largest absolute Gasteiger partial charge is 0.376 e. The van der Waals surface area contributed by atoms with Crippen molar-refractivity contribution in [3.63, 3.8) is 0 Å². The lowest BCUT2D eigenvalue weighted by Crippen LogP contribution is -2.27. The van der Waals surface area contributed by atoms with Crippen LogP contribution in [-0.2, 0) is 16.1 Å². The van der Waals surface area contributed by atoms with E-state index in [0.29, 0.717) is 41.5 Å². The Balaban J connectivity index is 1.42. The van der Waals surface area contributed by atoms with Gasteiger partial charge in [0.1, 0.15) is 0 Å². The molecular weight excluding hydrogens is 454 g/mol. The summed E-state index contributed by atoms with van der Waals surface area (Å²) in [6, 6.07) is 14.4. The lowest BCUT2D eigenvalue weighted by molar-refractivity contribution is -0.119. The van der Waals surface area contributed by atoms with Gasteiger partial charge in [0.15, 0.2) is 0 Å². The van der Waals surface area contributed by atoms with Gasteiger partial charge in [-0.25, -0.2) is 4.98 Å². The van der Waals surface area contributed by atoms with Crippen molar-refractivity contribution < 1.29 is 14.3 Å². The van der Waals surface area contributed by atoms with E-state index in [1.54, 1.807) is 29.2 Å². The van der Waals surface area contributed by atoms with Gasteiger partial charge in [0, 0.05) is 31.3 Å². The highest BCUT2D eigenvalue weighted by Crippen LogP contribution is 2.30. The van der Waals surface area contributed by atoms with Crippen molar-refractivity contribution in [2.45, 2.75) is 57.6 Å². The molecule has 0 bridgehead atoms. The fraction of sp³-hybridized carbons (Fsp3) is 0.429. The van der Waals surface area contributed by atoms with Gasteiger partial charge in [0.25, 0.3) is 5.91 Å². The number of carbonyl (C=O) groups excluding carboxylic acids is 2. The molecule has 1 saturated carbocycles. The van der Waals surface area contributed by atoms with Crippen LogP contribution in [0.15, 0.2) is 42.5 Å². The van der Waals surface area contributed by atoms with Gasteiger partial charge >= 0.3 is 0 Å². The van der Waals surface area contributed by atoms with Crippen LogP contribution < -0.4 is 10.2 Å². The van der Waals surface area contributed by atoms with Crippen molar-refractivity contribution in [2.75, 3.05) is 23.9 Å². The molecule has 36 heavy (non-hydrogen) atoms. The summed E-state index contributed by atoms with van der Waals surface area (Å²) >= 11 is 0. The highest BCUT2D eigenvalue weighted by Gasteiger charge is 2.24. The molecule has 3 aromatic rings. The second kappa shape index (κ2) is 10.5. The number of ether oxygens (including phenoxy) is 1. The first-order valence-corrected chi connectivity index (χ1v) is 12.7. The van der Waals surface area contributed by atoms with Crippen LogP contribution >= 0.6 is 0 Å². The summed E-state index contributed by atoms with van der Waals surface area (Å²) in [7, 11) is 1.81. The maximum absolute atomic E-state index is 13.0. The first kappa shape index (κ1) is 24.0. The van der Waals surface area contributed by atoms with E-state index < -0.39 is 0 Å². The molecule has 2 amide bonds. The number of fused-ring (bicyclic) bond motifs is 1. The van der Waals surface area contributed by atoms with Crippen molar-refractivity contribution in [3.05, 3.63) is 53.6 Å². The number of nitrogens with zero attached hydrogens (tertiary/aromatic N) is 4. The molecule has 1 unspecified atom stereocenters. The third-order valence-electron chi connectivity index (χ3n) is 7.34. The Morgan fingerprint density at radius 3 is 2.61 bits per heavy atom. The average Bonchev–Trinajstić information content (AvgIpc) is 3.66. The van der Waals surface area contributed by atoms with Gasteiger partial charge in [0.2, 0.25) is 11.9 Å². The Hall–Kier alpha value is -3.70. The monoisotopic (exact) mass is 485 g/mol. The molecule has 1 aliphatic carbocycles. The number of amides is 2. The number of carbonyl (C=O) groups is 2. The first-order valence-electron chi connectivity index (χ1n) is 12.7. The van der Waals surface area contributed by atoms with E-state index in [1.165, 1.54) is 12.8 Å².